The number of carbonyl (C=O) groups excluding carboxylic acids is 4. The third-order valence-corrected chi connectivity index (χ3v) is 7.88. The Balaban J connectivity index is 1.36. The minimum Gasteiger partial charge on any atom is -0.480 e. The number of carbonyl (C=O) groups is 6. The molecule has 3 fully saturated rings. The molecule has 4 rings (SSSR count). The molecule has 2 saturated heterocycles. The van der Waals surface area contributed by atoms with Crippen molar-refractivity contribution in [1.29, 1.82) is 0 Å². The molecule has 0 spiro atoms. The summed E-state index contributed by atoms with van der Waals surface area (Å²) < 4.78 is 1.64. The van der Waals surface area contributed by atoms with Gasteiger partial charge >= 0.3 is 11.9 Å². The van der Waals surface area contributed by atoms with Crippen LogP contribution in [0.4, 0.5) is 0 Å². The third kappa shape index (κ3) is 6.62. The van der Waals surface area contributed by atoms with Gasteiger partial charge < -0.3 is 35.2 Å². The van der Waals surface area contributed by atoms with Crippen LogP contribution < -0.4 is 10.6 Å². The molecule has 13 heteroatoms. The van der Waals surface area contributed by atoms with Gasteiger partial charge in [-0.05, 0) is 30.4 Å². The van der Waals surface area contributed by atoms with Gasteiger partial charge in [-0.3, -0.25) is 19.2 Å². The Morgan fingerprint density at radius 2 is 1.38 bits per heavy atom. The van der Waals surface area contributed by atoms with E-state index in [1.807, 2.05) is 0 Å². The summed E-state index contributed by atoms with van der Waals surface area (Å²) in [5.74, 6) is -3.78. The van der Waals surface area contributed by atoms with Gasteiger partial charge in [0, 0.05) is 70.0 Å². The molecule has 4 unspecified atom stereocenters. The summed E-state index contributed by atoms with van der Waals surface area (Å²) in [4.78, 5) is 77.6. The van der Waals surface area contributed by atoms with Crippen LogP contribution in [0.1, 0.15) is 62.9 Å². The van der Waals surface area contributed by atoms with Crippen molar-refractivity contribution in [2.24, 2.45) is 18.4 Å². The summed E-state index contributed by atoms with van der Waals surface area (Å²) in [6, 6.07) is 0.150. The zero-order chi connectivity index (χ0) is 29.4. The van der Waals surface area contributed by atoms with Crippen molar-refractivity contribution in [2.45, 2.75) is 76.5 Å². The smallest absolute Gasteiger partial charge is 0.326 e. The number of hydrogen-bond acceptors (Lipinski definition) is 6. The van der Waals surface area contributed by atoms with Gasteiger partial charge in [0.05, 0.1) is 0 Å². The van der Waals surface area contributed by atoms with Crippen molar-refractivity contribution in [3.05, 3.63) is 24.0 Å². The first-order valence-electron chi connectivity index (χ1n) is 13.5. The average Bonchev–Trinajstić information content (AvgIpc) is 3.26. The number of aromatic nitrogens is 1. The molecule has 1 aliphatic carbocycles. The Labute approximate surface area is 231 Å². The predicted octanol–water partition coefficient (Wildman–Crippen LogP) is 0.196. The van der Waals surface area contributed by atoms with Crippen LogP contribution in [-0.4, -0.2) is 97.4 Å². The third-order valence-electron chi connectivity index (χ3n) is 7.88. The zero-order valence-corrected chi connectivity index (χ0v) is 23.0. The van der Waals surface area contributed by atoms with Crippen LogP contribution in [0.2, 0.25) is 0 Å². The van der Waals surface area contributed by atoms with Gasteiger partial charge in [0.2, 0.25) is 17.7 Å². The minimum absolute atomic E-state index is 0.0194. The highest BCUT2D eigenvalue weighted by Gasteiger charge is 2.45. The summed E-state index contributed by atoms with van der Waals surface area (Å²) >= 11 is 0. The lowest BCUT2D eigenvalue weighted by Crippen LogP contribution is -2.45. The number of amides is 4. The van der Waals surface area contributed by atoms with Gasteiger partial charge in [-0.2, -0.15) is 0 Å². The molecule has 4 atom stereocenters. The number of carboxylic acids is 2. The van der Waals surface area contributed by atoms with Crippen LogP contribution >= 0.6 is 0 Å². The predicted molar refractivity (Wildman–Crippen MR) is 140 cm³/mol. The summed E-state index contributed by atoms with van der Waals surface area (Å²) in [5.41, 5.74) is -0.493. The molecule has 1 aromatic rings. The maximum absolute atomic E-state index is 13.3. The van der Waals surface area contributed by atoms with Crippen LogP contribution in [0, 0.1) is 11.3 Å². The zero-order valence-electron chi connectivity index (χ0n) is 23.0. The highest BCUT2D eigenvalue weighted by Crippen LogP contribution is 2.32. The molecule has 4 amide bonds. The number of hydrogen-bond donors (Lipinski definition) is 4. The molecular formula is C27H37N5O8. The van der Waals surface area contributed by atoms with E-state index in [1.165, 1.54) is 9.80 Å². The lowest BCUT2D eigenvalue weighted by molar-refractivity contribution is -0.150. The molecule has 0 radical (unpaired) electrons. The highest BCUT2D eigenvalue weighted by molar-refractivity contribution is 5.93. The molecule has 218 valence electrons. The van der Waals surface area contributed by atoms with Crippen molar-refractivity contribution >= 4 is 35.6 Å². The Kier molecular flexibility index (Phi) is 8.22. The van der Waals surface area contributed by atoms with Crippen molar-refractivity contribution in [3.63, 3.8) is 0 Å². The Morgan fingerprint density at radius 1 is 0.875 bits per heavy atom. The van der Waals surface area contributed by atoms with Gasteiger partial charge in [0.1, 0.15) is 17.8 Å². The second kappa shape index (κ2) is 11.3. The summed E-state index contributed by atoms with van der Waals surface area (Å²) in [6.45, 7) is 3.49. The maximum Gasteiger partial charge on any atom is 0.326 e. The van der Waals surface area contributed by atoms with Gasteiger partial charge in [0.25, 0.3) is 5.91 Å². The fourth-order valence-electron chi connectivity index (χ4n) is 5.61. The lowest BCUT2D eigenvalue weighted by atomic mass is 9.84. The molecule has 0 aromatic carbocycles. The van der Waals surface area contributed by atoms with E-state index in [0.29, 0.717) is 5.69 Å². The molecule has 0 bridgehead atoms. The standard InChI is InChI=1S/C27H37N5O8/c1-27(2,11-21(33)31-13-16(9-19(31)25(37)38)28-23(35)15-6-7-15)12-22(34)32-14-17(10-20(32)26(39)40)29-24(36)18-5-4-8-30(18)3/h4-5,8,15-17,19-20H,6-7,9-14H2,1-3H3,(H,28,35)(H,29,36)(H,37,38)(H,39,40). The Hall–Kier alpha value is -3.90. The molecule has 3 aliphatic rings. The SMILES string of the molecule is Cn1cccc1C(=O)NC1CC(C(=O)O)N(C(=O)CC(C)(C)CC(=O)N2CC(NC(=O)C3CC3)CC2C(=O)O)C1. The lowest BCUT2D eigenvalue weighted by Gasteiger charge is -2.31. The van der Waals surface area contributed by atoms with E-state index in [1.54, 1.807) is 43.8 Å². The molecule has 3 heterocycles. The minimum atomic E-state index is -1.18. The molecule has 1 saturated carbocycles. The summed E-state index contributed by atoms with van der Waals surface area (Å²) in [5, 5.41) is 25.1. The Bertz CT molecular complexity index is 1210. The first-order valence-corrected chi connectivity index (χ1v) is 13.5. The number of rotatable bonds is 10. The molecule has 4 N–H and O–H groups in total. The van der Waals surface area contributed by atoms with E-state index in [9.17, 15) is 39.0 Å². The number of aliphatic carboxylic acids is 2. The second-order valence-corrected chi connectivity index (χ2v) is 11.9. The molecular weight excluding hydrogens is 522 g/mol. The van der Waals surface area contributed by atoms with Crippen LogP contribution in [-0.2, 0) is 31.0 Å². The topological polar surface area (TPSA) is 178 Å². The molecule has 13 nitrogen and oxygen atoms in total. The van der Waals surface area contributed by atoms with E-state index in [0.717, 1.165) is 12.8 Å². The average molecular weight is 560 g/mol. The highest BCUT2D eigenvalue weighted by atomic mass is 16.4. The number of carboxylic acid groups (broad SMARTS) is 2. The number of aryl methyl sites for hydroxylation is 1. The van der Waals surface area contributed by atoms with Crippen molar-refractivity contribution in [3.8, 4) is 0 Å². The largest absolute Gasteiger partial charge is 0.480 e. The van der Waals surface area contributed by atoms with E-state index in [-0.39, 0.29) is 56.5 Å². The first-order chi connectivity index (χ1) is 18.8. The monoisotopic (exact) mass is 559 g/mol. The van der Waals surface area contributed by atoms with Crippen molar-refractivity contribution < 1.29 is 39.0 Å². The van der Waals surface area contributed by atoms with E-state index >= 15 is 0 Å². The molecule has 1 aromatic heterocycles. The maximum atomic E-state index is 13.3. The summed E-state index contributed by atoms with van der Waals surface area (Å²) in [7, 11) is 1.72. The van der Waals surface area contributed by atoms with Crippen molar-refractivity contribution in [2.75, 3.05) is 13.1 Å². The number of nitrogens with zero attached hydrogens (tertiary/aromatic N) is 3. The second-order valence-electron chi connectivity index (χ2n) is 11.9. The van der Waals surface area contributed by atoms with Crippen molar-refractivity contribution in [1.82, 2.24) is 25.0 Å². The van der Waals surface area contributed by atoms with Gasteiger partial charge in [-0.25, -0.2) is 9.59 Å². The van der Waals surface area contributed by atoms with Crippen LogP contribution in [0.15, 0.2) is 18.3 Å². The van der Waals surface area contributed by atoms with E-state index < -0.39 is 53.3 Å². The quantitative estimate of drug-likeness (QED) is 0.314. The van der Waals surface area contributed by atoms with Crippen LogP contribution in [0.3, 0.4) is 0 Å². The van der Waals surface area contributed by atoms with Crippen LogP contribution in [0.5, 0.6) is 0 Å². The van der Waals surface area contributed by atoms with Gasteiger partial charge in [0.15, 0.2) is 0 Å². The van der Waals surface area contributed by atoms with Gasteiger partial charge in [-0.1, -0.05) is 13.8 Å². The number of nitrogens with one attached hydrogen (secondary N) is 2. The van der Waals surface area contributed by atoms with Gasteiger partial charge in [-0.15, -0.1) is 0 Å². The molecule has 2 aliphatic heterocycles. The molecule has 40 heavy (non-hydrogen) atoms. The van der Waals surface area contributed by atoms with Crippen LogP contribution in [0.25, 0.3) is 0 Å². The normalized spacial score (nSPS) is 24.6. The number of likely N-dealkylation sites (tertiary alicyclic amines) is 2. The van der Waals surface area contributed by atoms with E-state index in [2.05, 4.69) is 10.6 Å². The Morgan fingerprint density at radius 3 is 1.80 bits per heavy atom. The fourth-order valence-corrected chi connectivity index (χ4v) is 5.61. The summed E-state index contributed by atoms with van der Waals surface area (Å²) in [6.07, 6.45) is 3.23. The van der Waals surface area contributed by atoms with E-state index in [4.69, 9.17) is 0 Å². The fraction of sp³-hybridized carbons (Fsp3) is 0.630. The first kappa shape index (κ1) is 29.1.